The van der Waals surface area contributed by atoms with Gasteiger partial charge in [0.25, 0.3) is 5.91 Å². The summed E-state index contributed by atoms with van der Waals surface area (Å²) in [4.78, 5) is 38.4. The van der Waals surface area contributed by atoms with Crippen LogP contribution in [0.4, 0.5) is 4.79 Å². The Kier molecular flexibility index (Phi) is 4.55. The number of carbonyl (C=O) groups excluding carboxylic acids is 3. The van der Waals surface area contributed by atoms with E-state index in [0.29, 0.717) is 6.42 Å². The first kappa shape index (κ1) is 16.5. The summed E-state index contributed by atoms with van der Waals surface area (Å²) in [5, 5.41) is 5.71. The lowest BCUT2D eigenvalue weighted by molar-refractivity contribution is -0.135. The SMILES string of the molecule is CCC1(c2ccccc2)NC(=O)N(CC(=O)NC2CCCC2)C1=O. The van der Waals surface area contributed by atoms with Crippen molar-refractivity contribution in [3.8, 4) is 0 Å². The summed E-state index contributed by atoms with van der Waals surface area (Å²) < 4.78 is 0. The van der Waals surface area contributed by atoms with Crippen LogP contribution in [-0.4, -0.2) is 35.3 Å². The summed E-state index contributed by atoms with van der Waals surface area (Å²) in [5.41, 5.74) is -0.337. The molecule has 2 fully saturated rings. The highest BCUT2D eigenvalue weighted by atomic mass is 16.2. The molecule has 24 heavy (non-hydrogen) atoms. The highest BCUT2D eigenvalue weighted by Crippen LogP contribution is 2.32. The number of carbonyl (C=O) groups is 3. The molecule has 1 aliphatic heterocycles. The Morgan fingerprint density at radius 3 is 2.54 bits per heavy atom. The van der Waals surface area contributed by atoms with Crippen LogP contribution >= 0.6 is 0 Å². The maximum absolute atomic E-state index is 12.9. The van der Waals surface area contributed by atoms with Crippen molar-refractivity contribution in [1.29, 1.82) is 0 Å². The number of amides is 4. The van der Waals surface area contributed by atoms with Crippen molar-refractivity contribution in [3.05, 3.63) is 35.9 Å². The van der Waals surface area contributed by atoms with Crippen molar-refractivity contribution >= 4 is 17.8 Å². The zero-order valence-corrected chi connectivity index (χ0v) is 13.9. The van der Waals surface area contributed by atoms with Crippen molar-refractivity contribution < 1.29 is 14.4 Å². The normalized spacial score (nSPS) is 24.3. The lowest BCUT2D eigenvalue weighted by atomic mass is 9.87. The smallest absolute Gasteiger partial charge is 0.325 e. The molecule has 0 spiro atoms. The molecule has 2 N–H and O–H groups in total. The molecular formula is C18H23N3O3. The van der Waals surface area contributed by atoms with Crippen molar-refractivity contribution in [2.24, 2.45) is 0 Å². The van der Waals surface area contributed by atoms with Gasteiger partial charge in [-0.1, -0.05) is 50.1 Å². The van der Waals surface area contributed by atoms with Crippen LogP contribution in [0, 0.1) is 0 Å². The average molecular weight is 329 g/mol. The molecular weight excluding hydrogens is 306 g/mol. The summed E-state index contributed by atoms with van der Waals surface area (Å²) in [5.74, 6) is -0.631. The van der Waals surface area contributed by atoms with Gasteiger partial charge in [0, 0.05) is 6.04 Å². The largest absolute Gasteiger partial charge is 0.352 e. The van der Waals surface area contributed by atoms with Gasteiger partial charge in [0.2, 0.25) is 5.91 Å². The molecule has 0 radical (unpaired) electrons. The van der Waals surface area contributed by atoms with Crippen LogP contribution in [0.15, 0.2) is 30.3 Å². The fourth-order valence-corrected chi connectivity index (χ4v) is 3.62. The van der Waals surface area contributed by atoms with Crippen LogP contribution in [0.25, 0.3) is 0 Å². The molecule has 2 aliphatic rings. The van der Waals surface area contributed by atoms with Crippen molar-refractivity contribution in [1.82, 2.24) is 15.5 Å². The van der Waals surface area contributed by atoms with Crippen LogP contribution < -0.4 is 10.6 Å². The quantitative estimate of drug-likeness (QED) is 0.810. The monoisotopic (exact) mass is 329 g/mol. The van der Waals surface area contributed by atoms with Crippen molar-refractivity contribution in [2.75, 3.05) is 6.54 Å². The van der Waals surface area contributed by atoms with Crippen molar-refractivity contribution in [2.45, 2.75) is 50.6 Å². The number of hydrogen-bond acceptors (Lipinski definition) is 3. The number of rotatable bonds is 5. The molecule has 4 amide bonds. The number of imide groups is 1. The molecule has 6 heteroatoms. The molecule has 3 rings (SSSR count). The molecule has 128 valence electrons. The van der Waals surface area contributed by atoms with Gasteiger partial charge in [-0.25, -0.2) is 4.79 Å². The van der Waals surface area contributed by atoms with E-state index in [4.69, 9.17) is 0 Å². The average Bonchev–Trinajstić information content (AvgIpc) is 3.18. The van der Waals surface area contributed by atoms with Gasteiger partial charge in [-0.2, -0.15) is 0 Å². The first-order valence-corrected chi connectivity index (χ1v) is 8.56. The van der Waals surface area contributed by atoms with E-state index >= 15 is 0 Å². The topological polar surface area (TPSA) is 78.5 Å². The van der Waals surface area contributed by atoms with Gasteiger partial charge in [-0.3, -0.25) is 14.5 Å². The molecule has 6 nitrogen and oxygen atoms in total. The van der Waals surface area contributed by atoms with Crippen LogP contribution in [0.2, 0.25) is 0 Å². The number of nitrogens with one attached hydrogen (secondary N) is 2. The van der Waals surface area contributed by atoms with Crippen LogP contribution in [0.3, 0.4) is 0 Å². The lowest BCUT2D eigenvalue weighted by Crippen LogP contribution is -2.45. The van der Waals surface area contributed by atoms with E-state index in [1.165, 1.54) is 0 Å². The van der Waals surface area contributed by atoms with Gasteiger partial charge in [-0.05, 0) is 24.8 Å². The van der Waals surface area contributed by atoms with Gasteiger partial charge >= 0.3 is 6.03 Å². The third-order valence-corrected chi connectivity index (χ3v) is 4.99. The van der Waals surface area contributed by atoms with E-state index in [-0.39, 0.29) is 24.4 Å². The zero-order chi connectivity index (χ0) is 17.2. The first-order chi connectivity index (χ1) is 11.6. The van der Waals surface area contributed by atoms with Crippen LogP contribution in [0.1, 0.15) is 44.6 Å². The van der Waals surface area contributed by atoms with Gasteiger partial charge in [0.1, 0.15) is 12.1 Å². The standard InChI is InChI=1S/C18H23N3O3/c1-2-18(13-8-4-3-5-9-13)16(23)21(17(24)20-18)12-15(22)19-14-10-6-7-11-14/h3-5,8-9,14H,2,6-7,10-12H2,1H3,(H,19,22)(H,20,24). The van der Waals surface area contributed by atoms with E-state index in [2.05, 4.69) is 10.6 Å². The summed E-state index contributed by atoms with van der Waals surface area (Å²) in [6, 6.07) is 8.84. The molecule has 1 heterocycles. The molecule has 1 unspecified atom stereocenters. The summed E-state index contributed by atoms with van der Waals surface area (Å²) >= 11 is 0. The Morgan fingerprint density at radius 2 is 1.92 bits per heavy atom. The first-order valence-electron chi connectivity index (χ1n) is 8.56. The summed E-state index contributed by atoms with van der Waals surface area (Å²) in [7, 11) is 0. The van der Waals surface area contributed by atoms with E-state index in [9.17, 15) is 14.4 Å². The van der Waals surface area contributed by atoms with E-state index in [1.807, 2.05) is 37.3 Å². The molecule has 1 saturated heterocycles. The molecule has 0 aromatic heterocycles. The van der Waals surface area contributed by atoms with Crippen LogP contribution in [0.5, 0.6) is 0 Å². The fraction of sp³-hybridized carbons (Fsp3) is 0.500. The maximum atomic E-state index is 12.9. The van der Waals surface area contributed by atoms with Crippen molar-refractivity contribution in [3.63, 3.8) is 0 Å². The summed E-state index contributed by atoms with van der Waals surface area (Å²) in [6.07, 6.45) is 4.59. The molecule has 0 bridgehead atoms. The summed E-state index contributed by atoms with van der Waals surface area (Å²) in [6.45, 7) is 1.63. The molecule has 1 saturated carbocycles. The van der Waals surface area contributed by atoms with Gasteiger partial charge < -0.3 is 10.6 Å². The second-order valence-electron chi connectivity index (χ2n) is 6.50. The minimum Gasteiger partial charge on any atom is -0.352 e. The second kappa shape index (κ2) is 6.63. The Morgan fingerprint density at radius 1 is 1.25 bits per heavy atom. The highest BCUT2D eigenvalue weighted by Gasteiger charge is 2.51. The minimum atomic E-state index is -1.08. The van der Waals surface area contributed by atoms with E-state index < -0.39 is 11.6 Å². The lowest BCUT2D eigenvalue weighted by Gasteiger charge is -2.25. The van der Waals surface area contributed by atoms with E-state index in [1.54, 1.807) is 0 Å². The maximum Gasteiger partial charge on any atom is 0.325 e. The van der Waals surface area contributed by atoms with Gasteiger partial charge in [-0.15, -0.1) is 0 Å². The third kappa shape index (κ3) is 2.88. The molecule has 1 aromatic carbocycles. The number of hydrogen-bond donors (Lipinski definition) is 2. The molecule has 1 aromatic rings. The third-order valence-electron chi connectivity index (χ3n) is 4.99. The Hall–Kier alpha value is -2.37. The molecule has 1 aliphatic carbocycles. The highest BCUT2D eigenvalue weighted by molar-refractivity contribution is 6.09. The van der Waals surface area contributed by atoms with Gasteiger partial charge in [0.15, 0.2) is 0 Å². The second-order valence-corrected chi connectivity index (χ2v) is 6.50. The molecule has 1 atom stereocenters. The predicted molar refractivity (Wildman–Crippen MR) is 89.1 cm³/mol. The van der Waals surface area contributed by atoms with Gasteiger partial charge in [0.05, 0.1) is 0 Å². The Labute approximate surface area is 141 Å². The Balaban J connectivity index is 1.74. The number of urea groups is 1. The Bertz CT molecular complexity index is 640. The minimum absolute atomic E-state index is 0.170. The predicted octanol–water partition coefficient (Wildman–Crippen LogP) is 1.90. The van der Waals surface area contributed by atoms with E-state index in [0.717, 1.165) is 36.1 Å². The number of benzene rings is 1. The zero-order valence-electron chi connectivity index (χ0n) is 13.9. The van der Waals surface area contributed by atoms with Crippen LogP contribution in [-0.2, 0) is 15.1 Å². The fourth-order valence-electron chi connectivity index (χ4n) is 3.62. The number of nitrogens with zero attached hydrogens (tertiary/aromatic N) is 1.